The molecule has 0 unspecified atom stereocenters. The van der Waals surface area contributed by atoms with Gasteiger partial charge in [-0.2, -0.15) is 22.7 Å². The summed E-state index contributed by atoms with van der Waals surface area (Å²) in [6.45, 7) is 2.15. The maximum absolute atomic E-state index is 14.5. The number of nitrogens with zero attached hydrogens (tertiary/aromatic N) is 5. The van der Waals surface area contributed by atoms with Crippen molar-refractivity contribution in [2.24, 2.45) is 0 Å². The topological polar surface area (TPSA) is 68.4 Å². The van der Waals surface area contributed by atoms with E-state index < -0.39 is 18.5 Å². The number of nitrogens with one attached hydrogen (secondary N) is 1. The van der Waals surface area contributed by atoms with Gasteiger partial charge in [0, 0.05) is 57.6 Å². The minimum absolute atomic E-state index is 0.0631. The minimum Gasteiger partial charge on any atom is -0.355 e. The molecule has 1 amide bonds. The minimum atomic E-state index is -4.49. The fourth-order valence-electron chi connectivity index (χ4n) is 5.69. The molecule has 1 aliphatic heterocycles. The number of pyridine rings is 1. The molecule has 0 radical (unpaired) electrons. The molecule has 45 heavy (non-hydrogen) atoms. The summed E-state index contributed by atoms with van der Waals surface area (Å²) in [5.74, 6) is 0.0102. The van der Waals surface area contributed by atoms with E-state index in [1.165, 1.54) is 11.0 Å². The smallest absolute Gasteiger partial charge is 0.355 e. The van der Waals surface area contributed by atoms with Crippen LogP contribution in [0.3, 0.4) is 0 Å². The first-order valence-corrected chi connectivity index (χ1v) is 14.8. The van der Waals surface area contributed by atoms with Gasteiger partial charge in [0.05, 0.1) is 17.3 Å². The number of hydrogen-bond acceptors (Lipinski definition) is 5. The monoisotopic (exact) mass is 620 g/mol. The van der Waals surface area contributed by atoms with Gasteiger partial charge in [-0.1, -0.05) is 42.5 Å². The molecule has 1 atom stereocenters. The molecule has 4 aromatic rings. The number of anilines is 1. The number of rotatable bonds is 9. The second-order valence-electron chi connectivity index (χ2n) is 11.5. The van der Waals surface area contributed by atoms with Gasteiger partial charge in [0.15, 0.2) is 0 Å². The lowest BCUT2D eigenvalue weighted by molar-refractivity contribution is -0.124. The van der Waals surface area contributed by atoms with Crippen molar-refractivity contribution in [1.82, 2.24) is 25.0 Å². The fraction of sp³-hybridized carbons (Fsp3) is 0.324. The van der Waals surface area contributed by atoms with Crippen molar-refractivity contribution < 1.29 is 22.4 Å². The number of carbonyl (C=O) groups excluding carboxylic acids is 1. The molecular formula is C34H36F4N6O. The van der Waals surface area contributed by atoms with Crippen LogP contribution in [-0.2, 0) is 4.79 Å². The van der Waals surface area contributed by atoms with Crippen LogP contribution in [0, 0.1) is 5.95 Å². The maximum atomic E-state index is 14.5. The third-order valence-electron chi connectivity index (χ3n) is 8.07. The van der Waals surface area contributed by atoms with Crippen LogP contribution in [0.4, 0.5) is 23.4 Å². The van der Waals surface area contributed by atoms with Crippen molar-refractivity contribution >= 4 is 33.8 Å². The number of allylic oxidation sites excluding steroid dienone is 1. The van der Waals surface area contributed by atoms with Crippen LogP contribution in [0.1, 0.15) is 36.0 Å². The molecule has 0 bridgehead atoms. The Kier molecular flexibility index (Phi) is 9.67. The Morgan fingerprint density at radius 2 is 1.80 bits per heavy atom. The Balaban J connectivity index is 1.48. The van der Waals surface area contributed by atoms with E-state index in [1.807, 2.05) is 19.2 Å². The van der Waals surface area contributed by atoms with Gasteiger partial charge in [-0.3, -0.25) is 14.8 Å². The lowest BCUT2D eigenvalue weighted by Crippen LogP contribution is -2.46. The summed E-state index contributed by atoms with van der Waals surface area (Å²) in [4.78, 5) is 22.5. The van der Waals surface area contributed by atoms with Crippen LogP contribution in [0.5, 0.6) is 0 Å². The van der Waals surface area contributed by atoms with Gasteiger partial charge in [-0.25, -0.2) is 4.98 Å². The first-order chi connectivity index (χ1) is 21.5. The van der Waals surface area contributed by atoms with E-state index in [-0.39, 0.29) is 22.9 Å². The van der Waals surface area contributed by atoms with Crippen molar-refractivity contribution in [3.05, 3.63) is 102 Å². The van der Waals surface area contributed by atoms with Gasteiger partial charge < -0.3 is 9.80 Å². The van der Waals surface area contributed by atoms with Crippen LogP contribution in [-0.4, -0.2) is 83.9 Å². The van der Waals surface area contributed by atoms with Crippen molar-refractivity contribution in [2.75, 3.05) is 45.7 Å². The molecule has 0 saturated carbocycles. The van der Waals surface area contributed by atoms with Gasteiger partial charge >= 0.3 is 6.18 Å². The summed E-state index contributed by atoms with van der Waals surface area (Å²) >= 11 is 0. The van der Waals surface area contributed by atoms with Gasteiger partial charge in [-0.05, 0) is 66.4 Å². The number of benzene rings is 2. The number of carbonyl (C=O) groups is 1. The van der Waals surface area contributed by atoms with Crippen LogP contribution in [0.25, 0.3) is 22.0 Å². The second kappa shape index (κ2) is 13.6. The van der Waals surface area contributed by atoms with E-state index in [2.05, 4.69) is 20.0 Å². The number of aromatic nitrogens is 3. The lowest BCUT2D eigenvalue weighted by Gasteiger charge is -2.38. The number of piperidine rings is 1. The molecular weight excluding hydrogens is 584 g/mol. The van der Waals surface area contributed by atoms with E-state index in [1.54, 1.807) is 74.9 Å². The molecule has 1 N–H and O–H groups in total. The van der Waals surface area contributed by atoms with E-state index >= 15 is 0 Å². The molecule has 0 aliphatic carbocycles. The first kappa shape index (κ1) is 31.9. The van der Waals surface area contributed by atoms with E-state index in [4.69, 9.17) is 4.98 Å². The van der Waals surface area contributed by atoms with Gasteiger partial charge in [0.1, 0.15) is 5.82 Å². The number of halogens is 4. The largest absolute Gasteiger partial charge is 0.393 e. The molecule has 1 saturated heterocycles. The van der Waals surface area contributed by atoms with Crippen LogP contribution >= 0.6 is 0 Å². The number of likely N-dealkylation sites (N-methyl/N-ethyl adjacent to an activating group) is 2. The average molecular weight is 621 g/mol. The summed E-state index contributed by atoms with van der Waals surface area (Å²) in [7, 11) is 5.45. The maximum Gasteiger partial charge on any atom is 0.393 e. The number of alkyl halides is 3. The van der Waals surface area contributed by atoms with Crippen molar-refractivity contribution in [3.63, 3.8) is 0 Å². The highest BCUT2D eigenvalue weighted by Crippen LogP contribution is 2.40. The van der Waals surface area contributed by atoms with Crippen molar-refractivity contribution in [2.45, 2.75) is 31.5 Å². The quantitative estimate of drug-likeness (QED) is 0.131. The molecule has 1 aliphatic rings. The Morgan fingerprint density at radius 3 is 2.49 bits per heavy atom. The SMILES string of the molecule is CN(C)C(=O)/C=C/CN(C)[C@H]1CCCN(c2ccc(/C(=C(/CC(F)(F)F)c3ccccc3)c3ccc4n[nH]c(F)c4c3)cn2)C1. The zero-order chi connectivity index (χ0) is 32.1. The summed E-state index contributed by atoms with van der Waals surface area (Å²) in [6, 6.07) is 17.1. The zero-order valence-electron chi connectivity index (χ0n) is 25.5. The van der Waals surface area contributed by atoms with Gasteiger partial charge in [0.2, 0.25) is 11.9 Å². The summed E-state index contributed by atoms with van der Waals surface area (Å²) < 4.78 is 56.7. The highest BCUT2D eigenvalue weighted by molar-refractivity contribution is 6.00. The Labute approximate surface area is 259 Å². The Hall–Kier alpha value is -4.51. The van der Waals surface area contributed by atoms with Crippen molar-refractivity contribution in [3.8, 4) is 0 Å². The first-order valence-electron chi connectivity index (χ1n) is 14.8. The third-order valence-corrected chi connectivity index (χ3v) is 8.07. The third kappa shape index (κ3) is 7.78. The summed E-state index contributed by atoms with van der Waals surface area (Å²) in [6.07, 6.45) is 1.32. The number of amides is 1. The highest BCUT2D eigenvalue weighted by atomic mass is 19.4. The molecule has 2 aromatic carbocycles. The molecule has 0 spiro atoms. The van der Waals surface area contributed by atoms with Crippen LogP contribution in [0.15, 0.2) is 79.0 Å². The predicted molar refractivity (Wildman–Crippen MR) is 169 cm³/mol. The number of aromatic amines is 1. The highest BCUT2D eigenvalue weighted by Gasteiger charge is 2.32. The Morgan fingerprint density at radius 1 is 1.04 bits per heavy atom. The molecule has 11 heteroatoms. The molecule has 1 fully saturated rings. The van der Waals surface area contributed by atoms with Crippen LogP contribution in [0.2, 0.25) is 0 Å². The summed E-state index contributed by atoms with van der Waals surface area (Å²) in [5, 5.41) is 6.42. The van der Waals surface area contributed by atoms with E-state index in [0.717, 1.165) is 31.7 Å². The average Bonchev–Trinajstić information content (AvgIpc) is 3.40. The Bertz CT molecular complexity index is 1680. The normalized spacial score (nSPS) is 16.4. The molecule has 236 valence electrons. The second-order valence-corrected chi connectivity index (χ2v) is 11.5. The predicted octanol–water partition coefficient (Wildman–Crippen LogP) is 6.55. The number of H-pyrrole nitrogens is 1. The zero-order valence-corrected chi connectivity index (χ0v) is 25.5. The molecule has 2 aromatic heterocycles. The molecule has 7 nitrogen and oxygen atoms in total. The molecule has 5 rings (SSSR count). The van der Waals surface area contributed by atoms with E-state index in [9.17, 15) is 22.4 Å². The van der Waals surface area contributed by atoms with Crippen molar-refractivity contribution in [1.29, 1.82) is 0 Å². The number of fused-ring (bicyclic) bond motifs is 1. The standard InChI is InChI=1S/C34H36F4N6O/c1-42(2)31(45)12-8-17-43(3)26-11-7-18-44(22-26)30-16-14-25(21-39-30)32(24-13-15-29-27(19-24)33(35)41-40-29)28(20-34(36,37)38)23-9-5-4-6-10-23/h4-6,8-10,12-16,19,21,26H,7,11,17-18,20,22H2,1-3H3,(H,40,41)/b12-8+,32-28-/t26-/m0/s1. The van der Waals surface area contributed by atoms with Gasteiger partial charge in [0.25, 0.3) is 0 Å². The molecule has 3 heterocycles. The van der Waals surface area contributed by atoms with Gasteiger partial charge in [-0.15, -0.1) is 0 Å². The lowest BCUT2D eigenvalue weighted by atomic mass is 9.88. The number of hydrogen-bond donors (Lipinski definition) is 1. The fourth-order valence-corrected chi connectivity index (χ4v) is 5.69. The van der Waals surface area contributed by atoms with E-state index in [0.29, 0.717) is 34.3 Å². The summed E-state index contributed by atoms with van der Waals surface area (Å²) in [5.41, 5.74) is 2.12. The van der Waals surface area contributed by atoms with Crippen LogP contribution < -0.4 is 4.90 Å².